The molecule has 310 valence electrons. The molecule has 13 heteroatoms. The topological polar surface area (TPSA) is 91.3 Å². The fourth-order valence-electron chi connectivity index (χ4n) is 8.37. The van der Waals surface area contributed by atoms with Gasteiger partial charge in [-0.05, 0) is 99.8 Å². The Kier molecular flexibility index (Phi) is 13.7. The summed E-state index contributed by atoms with van der Waals surface area (Å²) in [5, 5.41) is 8.70. The van der Waals surface area contributed by atoms with Gasteiger partial charge in [0.1, 0.15) is 17.4 Å². The molecule has 4 heterocycles. The van der Waals surface area contributed by atoms with Crippen molar-refractivity contribution in [3.05, 3.63) is 132 Å². The van der Waals surface area contributed by atoms with Crippen LogP contribution in [0.4, 0.5) is 26.4 Å². The first kappa shape index (κ1) is 42.7. The predicted octanol–water partition coefficient (Wildman–Crippen LogP) is 10.4. The van der Waals surface area contributed by atoms with Gasteiger partial charge in [0.15, 0.2) is 0 Å². The Morgan fingerprint density at radius 2 is 1.28 bits per heavy atom. The maximum Gasteiger partial charge on any atom is 0.231 e. The third-order valence-corrected chi connectivity index (χ3v) is 11.3. The molecule has 2 aliphatic heterocycles. The number of nitrogens with zero attached hydrogens (tertiary/aromatic N) is 6. The van der Waals surface area contributed by atoms with E-state index in [2.05, 4.69) is 38.6 Å². The number of aromatic nitrogens is 4. The minimum Gasteiger partial charge on any atom is -0.492 e. The van der Waals surface area contributed by atoms with Gasteiger partial charge in [-0.15, -0.1) is 24.8 Å². The van der Waals surface area contributed by atoms with Gasteiger partial charge in [0.25, 0.3) is 0 Å². The highest BCUT2D eigenvalue weighted by Gasteiger charge is 2.30. The summed E-state index contributed by atoms with van der Waals surface area (Å²) in [7, 11) is 0. The molecule has 0 radical (unpaired) electrons. The van der Waals surface area contributed by atoms with Crippen LogP contribution in [0.5, 0.6) is 5.75 Å². The van der Waals surface area contributed by atoms with Gasteiger partial charge in [0.2, 0.25) is 11.9 Å². The molecule has 5 aromatic carbocycles. The van der Waals surface area contributed by atoms with Crippen molar-refractivity contribution in [2.24, 2.45) is 0 Å². The van der Waals surface area contributed by atoms with Crippen molar-refractivity contribution in [3.8, 4) is 28.3 Å². The van der Waals surface area contributed by atoms with E-state index in [1.54, 1.807) is 24.3 Å². The van der Waals surface area contributed by atoms with Crippen LogP contribution in [0.15, 0.2) is 115 Å². The molecular weight excluding hydrogens is 801 g/mol. The Balaban J connectivity index is 0.00000272. The summed E-state index contributed by atoms with van der Waals surface area (Å²) < 4.78 is 36.7. The molecule has 9 rings (SSSR count). The van der Waals surface area contributed by atoms with Gasteiger partial charge >= 0.3 is 0 Å². The summed E-state index contributed by atoms with van der Waals surface area (Å²) in [6.07, 6.45) is 3.62. The summed E-state index contributed by atoms with van der Waals surface area (Å²) >= 11 is 0. The van der Waals surface area contributed by atoms with E-state index in [4.69, 9.17) is 24.7 Å². The molecule has 0 spiro atoms. The number of halogens is 4. The molecule has 0 bridgehead atoms. The molecular formula is C47H48Cl2F2N8O. The zero-order chi connectivity index (χ0) is 39.4. The van der Waals surface area contributed by atoms with E-state index in [1.807, 2.05) is 67.6 Å². The lowest BCUT2D eigenvalue weighted by molar-refractivity contribution is 0.210. The van der Waals surface area contributed by atoms with Crippen molar-refractivity contribution >= 4 is 64.2 Å². The van der Waals surface area contributed by atoms with Crippen molar-refractivity contribution < 1.29 is 13.5 Å². The van der Waals surface area contributed by atoms with Crippen molar-refractivity contribution in [1.82, 2.24) is 30.2 Å². The fraction of sp³-hybridized carbons (Fsp3) is 0.277. The first-order valence-corrected chi connectivity index (χ1v) is 20.3. The standard InChI is InChI=1S/C47H46F2N8O.2ClH/c1-2-58-43-29-31(30-56-27-23-32(24-28-56)51-46-52-40-17-9-5-13-36(40)44(54-46)34-11-3-7-15-38(34)48)19-20-42(43)57(33-21-25-50-26-22-33)47-53-41-18-10-6-14-37(41)45(55-47)35-12-4-8-16-39(35)49;;/h3-20,29,32-33,50H,2,21-28,30H2,1H3,(H,51,52,54);2*1H. The molecule has 0 amide bonds. The number of fused-ring (bicyclic) bond motifs is 2. The molecule has 0 atom stereocenters. The smallest absolute Gasteiger partial charge is 0.231 e. The molecule has 0 unspecified atom stereocenters. The highest BCUT2D eigenvalue weighted by atomic mass is 35.5. The zero-order valence-corrected chi connectivity index (χ0v) is 35.0. The molecule has 0 aliphatic carbocycles. The number of hydrogen-bond donors (Lipinski definition) is 2. The van der Waals surface area contributed by atoms with Gasteiger partial charge in [0.05, 0.1) is 34.7 Å². The van der Waals surface area contributed by atoms with Crippen LogP contribution in [-0.2, 0) is 6.54 Å². The predicted molar refractivity (Wildman–Crippen MR) is 242 cm³/mol. The van der Waals surface area contributed by atoms with Crippen LogP contribution >= 0.6 is 24.8 Å². The normalized spacial score (nSPS) is 15.0. The largest absolute Gasteiger partial charge is 0.492 e. The number of benzene rings is 5. The van der Waals surface area contributed by atoms with Crippen LogP contribution in [0.1, 0.15) is 38.2 Å². The number of nitrogens with one attached hydrogen (secondary N) is 2. The van der Waals surface area contributed by atoms with Crippen LogP contribution in [0.3, 0.4) is 0 Å². The third-order valence-electron chi connectivity index (χ3n) is 11.3. The van der Waals surface area contributed by atoms with E-state index in [9.17, 15) is 4.39 Å². The van der Waals surface area contributed by atoms with Crippen LogP contribution in [0, 0.1) is 11.6 Å². The highest BCUT2D eigenvalue weighted by Crippen LogP contribution is 2.40. The average molecular weight is 850 g/mol. The summed E-state index contributed by atoms with van der Waals surface area (Å²) in [6.45, 7) is 6.81. The van der Waals surface area contributed by atoms with Gasteiger partial charge in [-0.1, -0.05) is 66.7 Å². The lowest BCUT2D eigenvalue weighted by Gasteiger charge is -2.36. The molecule has 60 heavy (non-hydrogen) atoms. The minimum atomic E-state index is -0.319. The van der Waals surface area contributed by atoms with E-state index >= 15 is 4.39 Å². The van der Waals surface area contributed by atoms with Gasteiger partial charge in [-0.3, -0.25) is 4.90 Å². The van der Waals surface area contributed by atoms with Crippen molar-refractivity contribution in [2.45, 2.75) is 51.2 Å². The van der Waals surface area contributed by atoms with Gasteiger partial charge in [-0.2, -0.15) is 0 Å². The monoisotopic (exact) mass is 848 g/mol. The van der Waals surface area contributed by atoms with E-state index < -0.39 is 0 Å². The fourth-order valence-corrected chi connectivity index (χ4v) is 8.37. The highest BCUT2D eigenvalue weighted by molar-refractivity contribution is 5.94. The van der Waals surface area contributed by atoms with E-state index in [0.29, 0.717) is 41.0 Å². The Morgan fingerprint density at radius 1 is 0.700 bits per heavy atom. The SMILES string of the molecule is CCOc1cc(CN2CCC(Nc3nc(-c4ccccc4F)c4ccccc4n3)CC2)ccc1N(c1nc(-c2ccccc2F)c2ccccc2n1)C1CCNCC1.Cl.Cl. The van der Waals surface area contributed by atoms with Crippen LogP contribution in [0.2, 0.25) is 0 Å². The van der Waals surface area contributed by atoms with Gasteiger partial charge in [-0.25, -0.2) is 28.7 Å². The van der Waals surface area contributed by atoms with Crippen LogP contribution in [-0.4, -0.2) is 69.7 Å². The summed E-state index contributed by atoms with van der Waals surface area (Å²) in [6, 6.07) is 35.9. The van der Waals surface area contributed by atoms with Crippen molar-refractivity contribution in [2.75, 3.05) is 43.0 Å². The Labute approximate surface area is 361 Å². The number of para-hydroxylation sites is 2. The maximum atomic E-state index is 15.3. The van der Waals surface area contributed by atoms with Gasteiger partial charge < -0.3 is 20.3 Å². The van der Waals surface area contributed by atoms with Crippen molar-refractivity contribution in [1.29, 1.82) is 0 Å². The first-order valence-electron chi connectivity index (χ1n) is 20.3. The second-order valence-corrected chi connectivity index (χ2v) is 15.0. The number of piperidine rings is 2. The quantitative estimate of drug-likeness (QED) is 0.132. The molecule has 2 aromatic heterocycles. The molecule has 9 nitrogen and oxygen atoms in total. The number of anilines is 3. The summed E-state index contributed by atoms with van der Waals surface area (Å²) in [5.74, 6) is 1.20. The second-order valence-electron chi connectivity index (χ2n) is 15.0. The molecule has 2 aliphatic rings. The number of likely N-dealkylation sites (tertiary alicyclic amines) is 1. The number of rotatable bonds is 11. The zero-order valence-electron chi connectivity index (χ0n) is 33.4. The van der Waals surface area contributed by atoms with E-state index in [-0.39, 0.29) is 48.5 Å². The third kappa shape index (κ3) is 9.00. The minimum absolute atomic E-state index is 0. The number of hydrogen-bond acceptors (Lipinski definition) is 9. The number of ether oxygens (including phenoxy) is 1. The maximum absolute atomic E-state index is 15.3. The van der Waals surface area contributed by atoms with E-state index in [1.165, 1.54) is 12.1 Å². The lowest BCUT2D eigenvalue weighted by atomic mass is 10.0. The second kappa shape index (κ2) is 19.3. The Bertz CT molecular complexity index is 2570. The molecule has 2 saturated heterocycles. The summed E-state index contributed by atoms with van der Waals surface area (Å²) in [4.78, 5) is 24.6. The Morgan fingerprint density at radius 3 is 1.92 bits per heavy atom. The molecule has 7 aromatic rings. The first-order chi connectivity index (χ1) is 28.5. The average Bonchev–Trinajstić information content (AvgIpc) is 3.25. The molecule has 2 fully saturated rings. The van der Waals surface area contributed by atoms with Crippen LogP contribution < -0.4 is 20.3 Å². The van der Waals surface area contributed by atoms with Crippen LogP contribution in [0.25, 0.3) is 44.3 Å². The molecule has 2 N–H and O–H groups in total. The Hall–Kier alpha value is -5.46. The molecule has 0 saturated carbocycles. The van der Waals surface area contributed by atoms with E-state index in [0.717, 1.165) is 97.2 Å². The summed E-state index contributed by atoms with van der Waals surface area (Å²) in [5.41, 5.74) is 5.67. The van der Waals surface area contributed by atoms with Crippen molar-refractivity contribution in [3.63, 3.8) is 0 Å². The lowest BCUT2D eigenvalue weighted by Crippen LogP contribution is -2.41. The van der Waals surface area contributed by atoms with Gasteiger partial charge in [0, 0.05) is 53.6 Å².